The summed E-state index contributed by atoms with van der Waals surface area (Å²) in [5, 5.41) is 0. The fourth-order valence-electron chi connectivity index (χ4n) is 1.22. The summed E-state index contributed by atoms with van der Waals surface area (Å²) >= 11 is 1.59. The first kappa shape index (κ1) is 9.34. The first-order valence-electron chi connectivity index (χ1n) is 4.31. The summed E-state index contributed by atoms with van der Waals surface area (Å²) in [5.74, 6) is 1.67. The molecule has 3 heteroatoms. The van der Waals surface area contributed by atoms with Crippen LogP contribution < -0.4 is 4.74 Å². The van der Waals surface area contributed by atoms with E-state index in [-0.39, 0.29) is 5.78 Å². The summed E-state index contributed by atoms with van der Waals surface area (Å²) in [6, 6.07) is 7.68. The number of allylic oxidation sites excluding steroid dienone is 1. The predicted octanol–water partition coefficient (Wildman–Crippen LogP) is 2.35. The average molecular weight is 206 g/mol. The van der Waals surface area contributed by atoms with E-state index < -0.39 is 0 Å². The highest BCUT2D eigenvalue weighted by molar-refractivity contribution is 8.07. The highest BCUT2D eigenvalue weighted by atomic mass is 32.2. The molecule has 1 heterocycles. The van der Waals surface area contributed by atoms with Gasteiger partial charge in [0.2, 0.25) is 0 Å². The van der Waals surface area contributed by atoms with Crippen molar-refractivity contribution in [3.8, 4) is 5.75 Å². The van der Waals surface area contributed by atoms with Gasteiger partial charge in [0, 0.05) is 0 Å². The molecule has 72 valence electrons. The van der Waals surface area contributed by atoms with Gasteiger partial charge in [0.25, 0.3) is 0 Å². The number of carbonyl (C=O) groups excluding carboxylic acids is 1. The van der Waals surface area contributed by atoms with Crippen LogP contribution in [-0.2, 0) is 4.79 Å². The fourth-order valence-corrected chi connectivity index (χ4v) is 1.87. The molecule has 2 rings (SSSR count). The molecule has 2 nitrogen and oxygen atoms in total. The minimum absolute atomic E-state index is 0.234. The summed E-state index contributed by atoms with van der Waals surface area (Å²) in [7, 11) is 1.63. The second-order valence-electron chi connectivity index (χ2n) is 3.00. The SMILES string of the molecule is COc1cccc(/C=C2/SCC2=O)c1. The molecular formula is C11H10O2S. The molecule has 1 aliphatic rings. The number of hydrogen-bond acceptors (Lipinski definition) is 3. The second kappa shape index (κ2) is 3.88. The third kappa shape index (κ3) is 1.82. The van der Waals surface area contributed by atoms with E-state index in [0.717, 1.165) is 16.2 Å². The van der Waals surface area contributed by atoms with Crippen LogP contribution in [0.15, 0.2) is 29.2 Å². The maximum atomic E-state index is 11.1. The Labute approximate surface area is 87.0 Å². The van der Waals surface area contributed by atoms with Gasteiger partial charge in [-0.1, -0.05) is 12.1 Å². The van der Waals surface area contributed by atoms with Crippen molar-refractivity contribution < 1.29 is 9.53 Å². The van der Waals surface area contributed by atoms with Gasteiger partial charge >= 0.3 is 0 Å². The van der Waals surface area contributed by atoms with Gasteiger partial charge < -0.3 is 4.74 Å². The Balaban J connectivity index is 2.24. The minimum atomic E-state index is 0.234. The van der Waals surface area contributed by atoms with Crippen LogP contribution in [0.4, 0.5) is 0 Å². The quantitative estimate of drug-likeness (QED) is 0.695. The van der Waals surface area contributed by atoms with Crippen molar-refractivity contribution in [2.45, 2.75) is 0 Å². The summed E-state index contributed by atoms with van der Waals surface area (Å²) in [4.78, 5) is 11.9. The maximum absolute atomic E-state index is 11.1. The molecule has 1 fully saturated rings. The third-order valence-electron chi connectivity index (χ3n) is 2.03. The van der Waals surface area contributed by atoms with E-state index in [2.05, 4.69) is 0 Å². The van der Waals surface area contributed by atoms with E-state index in [1.54, 1.807) is 18.9 Å². The first-order chi connectivity index (χ1) is 6.79. The predicted molar refractivity (Wildman–Crippen MR) is 58.4 cm³/mol. The van der Waals surface area contributed by atoms with Crippen molar-refractivity contribution in [2.24, 2.45) is 0 Å². The van der Waals surface area contributed by atoms with Gasteiger partial charge in [0.1, 0.15) is 5.75 Å². The van der Waals surface area contributed by atoms with Crippen molar-refractivity contribution in [1.29, 1.82) is 0 Å². The zero-order valence-corrected chi connectivity index (χ0v) is 8.64. The van der Waals surface area contributed by atoms with Gasteiger partial charge in [-0.15, -0.1) is 11.8 Å². The fraction of sp³-hybridized carbons (Fsp3) is 0.182. The standard InChI is InChI=1S/C11H10O2S/c1-13-9-4-2-3-8(5-9)6-11-10(12)7-14-11/h2-6H,7H2,1H3/b11-6+. The van der Waals surface area contributed by atoms with Crippen LogP contribution in [0.25, 0.3) is 6.08 Å². The first-order valence-corrected chi connectivity index (χ1v) is 5.30. The van der Waals surface area contributed by atoms with Crippen molar-refractivity contribution in [2.75, 3.05) is 12.9 Å². The lowest BCUT2D eigenvalue weighted by molar-refractivity contribution is -0.113. The molecule has 0 radical (unpaired) electrons. The molecule has 1 aromatic rings. The van der Waals surface area contributed by atoms with E-state index in [9.17, 15) is 4.79 Å². The number of ketones is 1. The number of Topliss-reactive ketones (excluding diaryl/α,β-unsaturated/α-hetero) is 1. The van der Waals surface area contributed by atoms with Crippen LogP contribution in [0.3, 0.4) is 0 Å². The van der Waals surface area contributed by atoms with Crippen LogP contribution in [0, 0.1) is 0 Å². The van der Waals surface area contributed by atoms with Crippen LogP contribution in [0.2, 0.25) is 0 Å². The largest absolute Gasteiger partial charge is 0.497 e. The number of ether oxygens (including phenoxy) is 1. The van der Waals surface area contributed by atoms with Gasteiger partial charge in [-0.2, -0.15) is 0 Å². The number of benzene rings is 1. The number of carbonyl (C=O) groups is 1. The number of hydrogen-bond donors (Lipinski definition) is 0. The number of rotatable bonds is 2. The molecule has 0 aromatic heterocycles. The Bertz CT molecular complexity index is 396. The molecule has 14 heavy (non-hydrogen) atoms. The molecule has 0 N–H and O–H groups in total. The Morgan fingerprint density at radius 2 is 2.36 bits per heavy atom. The van der Waals surface area contributed by atoms with Gasteiger partial charge in [-0.3, -0.25) is 4.79 Å². The van der Waals surface area contributed by atoms with Crippen LogP contribution in [-0.4, -0.2) is 18.6 Å². The van der Waals surface area contributed by atoms with Crippen molar-refractivity contribution in [1.82, 2.24) is 0 Å². The Morgan fingerprint density at radius 1 is 1.50 bits per heavy atom. The van der Waals surface area contributed by atoms with Gasteiger partial charge in [0.15, 0.2) is 5.78 Å². The second-order valence-corrected chi connectivity index (χ2v) is 4.01. The van der Waals surface area contributed by atoms with Crippen LogP contribution >= 0.6 is 11.8 Å². The molecule has 0 unspecified atom stereocenters. The van der Waals surface area contributed by atoms with Gasteiger partial charge in [-0.25, -0.2) is 0 Å². The topological polar surface area (TPSA) is 26.3 Å². The highest BCUT2D eigenvalue weighted by Gasteiger charge is 2.20. The van der Waals surface area contributed by atoms with Crippen LogP contribution in [0.1, 0.15) is 5.56 Å². The van der Waals surface area contributed by atoms with Crippen molar-refractivity contribution in [3.05, 3.63) is 34.7 Å². The number of thioether (sulfide) groups is 1. The average Bonchev–Trinajstić information content (AvgIpc) is 2.24. The van der Waals surface area contributed by atoms with Crippen molar-refractivity contribution in [3.63, 3.8) is 0 Å². The molecular weight excluding hydrogens is 196 g/mol. The Kier molecular flexibility index (Phi) is 2.59. The van der Waals surface area contributed by atoms with E-state index in [1.165, 1.54) is 0 Å². The van der Waals surface area contributed by atoms with E-state index in [1.807, 2.05) is 30.3 Å². The zero-order valence-electron chi connectivity index (χ0n) is 7.82. The third-order valence-corrected chi connectivity index (χ3v) is 3.09. The molecule has 0 atom stereocenters. The van der Waals surface area contributed by atoms with Gasteiger partial charge in [0.05, 0.1) is 17.8 Å². The summed E-state index contributed by atoms with van der Waals surface area (Å²) < 4.78 is 5.09. The van der Waals surface area contributed by atoms with E-state index in [0.29, 0.717) is 5.75 Å². The molecule has 1 aliphatic heterocycles. The molecule has 0 saturated carbocycles. The Hall–Kier alpha value is -1.22. The van der Waals surface area contributed by atoms with Crippen molar-refractivity contribution >= 4 is 23.6 Å². The maximum Gasteiger partial charge on any atom is 0.179 e. The molecule has 1 saturated heterocycles. The van der Waals surface area contributed by atoms with Gasteiger partial charge in [-0.05, 0) is 23.8 Å². The normalized spacial score (nSPS) is 18.1. The lowest BCUT2D eigenvalue weighted by Crippen LogP contribution is -2.13. The summed E-state index contributed by atoms with van der Waals surface area (Å²) in [5.41, 5.74) is 1.01. The molecule has 0 amide bonds. The monoisotopic (exact) mass is 206 g/mol. The highest BCUT2D eigenvalue weighted by Crippen LogP contribution is 2.31. The summed E-state index contributed by atoms with van der Waals surface area (Å²) in [6.07, 6.45) is 1.90. The number of methoxy groups -OCH3 is 1. The molecule has 0 bridgehead atoms. The van der Waals surface area contributed by atoms with Crippen LogP contribution in [0.5, 0.6) is 5.75 Å². The molecule has 0 spiro atoms. The zero-order chi connectivity index (χ0) is 9.97. The Morgan fingerprint density at radius 3 is 2.93 bits per heavy atom. The lowest BCUT2D eigenvalue weighted by Gasteiger charge is -2.13. The van der Waals surface area contributed by atoms with E-state index in [4.69, 9.17) is 4.74 Å². The van der Waals surface area contributed by atoms with E-state index >= 15 is 0 Å². The lowest BCUT2D eigenvalue weighted by atomic mass is 10.2. The minimum Gasteiger partial charge on any atom is -0.497 e. The smallest absolute Gasteiger partial charge is 0.179 e. The summed E-state index contributed by atoms with van der Waals surface area (Å²) in [6.45, 7) is 0. The molecule has 0 aliphatic carbocycles. The molecule has 1 aromatic carbocycles.